The number of nitrogens with zero attached hydrogens (tertiary/aromatic N) is 2. The lowest BCUT2D eigenvalue weighted by molar-refractivity contribution is -0.127. The summed E-state index contributed by atoms with van der Waals surface area (Å²) in [6.07, 6.45) is 3.27. The van der Waals surface area contributed by atoms with Gasteiger partial charge in [0.05, 0.1) is 6.26 Å². The van der Waals surface area contributed by atoms with Crippen molar-refractivity contribution in [2.75, 3.05) is 33.7 Å². The second kappa shape index (κ2) is 11.6. The number of carbonyl (C=O) groups is 1. The third kappa shape index (κ3) is 6.51. The first-order valence-electron chi connectivity index (χ1n) is 9.85. The van der Waals surface area contributed by atoms with Gasteiger partial charge in [-0.25, -0.2) is 4.99 Å². The summed E-state index contributed by atoms with van der Waals surface area (Å²) >= 11 is 0. The van der Waals surface area contributed by atoms with Gasteiger partial charge >= 0.3 is 0 Å². The van der Waals surface area contributed by atoms with E-state index in [1.165, 1.54) is 16.6 Å². The Hall–Kier alpha value is -2.49. The van der Waals surface area contributed by atoms with Gasteiger partial charge in [0.15, 0.2) is 5.96 Å². The van der Waals surface area contributed by atoms with Gasteiger partial charge in [0.2, 0.25) is 5.91 Å². The number of hydrogen-bond acceptors (Lipinski definition) is 3. The van der Waals surface area contributed by atoms with Gasteiger partial charge in [-0.05, 0) is 37.1 Å². The fourth-order valence-electron chi connectivity index (χ4n) is 3.18. The molecule has 0 aliphatic carbocycles. The van der Waals surface area contributed by atoms with E-state index in [0.29, 0.717) is 19.0 Å². The van der Waals surface area contributed by atoms with Crippen LogP contribution < -0.4 is 10.6 Å². The molecule has 30 heavy (non-hydrogen) atoms. The highest BCUT2D eigenvalue weighted by Gasteiger charge is 2.09. The van der Waals surface area contributed by atoms with Crippen molar-refractivity contribution in [2.45, 2.75) is 19.8 Å². The van der Waals surface area contributed by atoms with Crippen LogP contribution in [-0.4, -0.2) is 55.5 Å². The summed E-state index contributed by atoms with van der Waals surface area (Å²) in [5.41, 5.74) is 3.63. The fraction of sp³-hybridized carbons (Fsp3) is 0.364. The van der Waals surface area contributed by atoms with Crippen molar-refractivity contribution >= 4 is 46.7 Å². The number of fused-ring (bicyclic) bond motifs is 1. The zero-order valence-corrected chi connectivity index (χ0v) is 20.0. The van der Waals surface area contributed by atoms with Crippen LogP contribution in [0.25, 0.3) is 10.9 Å². The molecule has 0 saturated heterocycles. The van der Waals surface area contributed by atoms with E-state index >= 15 is 0 Å². The van der Waals surface area contributed by atoms with Gasteiger partial charge in [-0.15, -0.1) is 24.0 Å². The Bertz CT molecular complexity index is 963. The number of rotatable bonds is 8. The van der Waals surface area contributed by atoms with Crippen molar-refractivity contribution in [1.82, 2.24) is 20.5 Å². The molecule has 0 saturated carbocycles. The molecule has 3 N–H and O–H groups in total. The molecule has 0 spiro atoms. The topological polar surface area (TPSA) is 85.7 Å². The highest BCUT2D eigenvalue weighted by atomic mass is 127. The largest absolute Gasteiger partial charge is 0.469 e. The van der Waals surface area contributed by atoms with Crippen molar-refractivity contribution < 1.29 is 9.21 Å². The lowest BCUT2D eigenvalue weighted by atomic mass is 10.1. The molecule has 3 rings (SSSR count). The number of halogens is 1. The van der Waals surface area contributed by atoms with E-state index in [2.05, 4.69) is 45.7 Å². The molecule has 0 atom stereocenters. The monoisotopic (exact) mass is 523 g/mol. The van der Waals surface area contributed by atoms with Crippen LogP contribution >= 0.6 is 24.0 Å². The Kier molecular flexibility index (Phi) is 9.22. The van der Waals surface area contributed by atoms with Crippen molar-refractivity contribution in [1.29, 1.82) is 0 Å². The van der Waals surface area contributed by atoms with Crippen molar-refractivity contribution in [3.05, 3.63) is 59.7 Å². The molecule has 8 heteroatoms. The van der Waals surface area contributed by atoms with Crippen LogP contribution in [0.3, 0.4) is 0 Å². The minimum Gasteiger partial charge on any atom is -0.469 e. The van der Waals surface area contributed by atoms with Gasteiger partial charge in [0, 0.05) is 50.2 Å². The summed E-state index contributed by atoms with van der Waals surface area (Å²) in [6.45, 7) is 3.59. The molecular weight excluding hydrogens is 493 g/mol. The van der Waals surface area contributed by atoms with E-state index in [4.69, 9.17) is 4.42 Å². The summed E-state index contributed by atoms with van der Waals surface area (Å²) in [5, 5.41) is 7.88. The normalized spacial score (nSPS) is 11.2. The predicted molar refractivity (Wildman–Crippen MR) is 132 cm³/mol. The first kappa shape index (κ1) is 23.8. The quantitative estimate of drug-likeness (QED) is 0.241. The molecule has 1 aromatic carbocycles. The van der Waals surface area contributed by atoms with Crippen molar-refractivity contribution in [3.63, 3.8) is 0 Å². The number of aromatic amines is 1. The number of para-hydroxylation sites is 1. The first-order chi connectivity index (χ1) is 14.0. The van der Waals surface area contributed by atoms with Gasteiger partial charge in [-0.3, -0.25) is 4.79 Å². The average molecular weight is 523 g/mol. The van der Waals surface area contributed by atoms with Crippen LogP contribution in [0.1, 0.15) is 17.0 Å². The molecule has 3 aromatic rings. The smallest absolute Gasteiger partial charge is 0.243 e. The third-order valence-corrected chi connectivity index (χ3v) is 4.81. The van der Waals surface area contributed by atoms with E-state index in [1.54, 1.807) is 25.3 Å². The van der Waals surface area contributed by atoms with Crippen LogP contribution in [-0.2, 0) is 17.6 Å². The zero-order chi connectivity index (χ0) is 20.6. The Morgan fingerprint density at radius 3 is 2.53 bits per heavy atom. The maximum Gasteiger partial charge on any atom is 0.243 e. The summed E-state index contributed by atoms with van der Waals surface area (Å²) in [5.74, 6) is 1.50. The molecule has 0 fully saturated rings. The van der Waals surface area contributed by atoms with Gasteiger partial charge in [-0.1, -0.05) is 18.2 Å². The second-order valence-electron chi connectivity index (χ2n) is 7.16. The average Bonchev–Trinajstić information content (AvgIpc) is 3.33. The number of furan rings is 1. The molecule has 162 valence electrons. The zero-order valence-electron chi connectivity index (χ0n) is 17.7. The van der Waals surface area contributed by atoms with Crippen LogP contribution in [0.2, 0.25) is 0 Å². The third-order valence-electron chi connectivity index (χ3n) is 4.81. The van der Waals surface area contributed by atoms with Crippen molar-refractivity contribution in [3.8, 4) is 0 Å². The summed E-state index contributed by atoms with van der Waals surface area (Å²) < 4.78 is 5.36. The van der Waals surface area contributed by atoms with Gasteiger partial charge < -0.3 is 24.9 Å². The molecule has 2 heterocycles. The number of guanidine groups is 1. The number of carbonyl (C=O) groups excluding carboxylic acids is 1. The van der Waals surface area contributed by atoms with Crippen molar-refractivity contribution in [2.24, 2.45) is 4.99 Å². The number of benzene rings is 1. The van der Waals surface area contributed by atoms with E-state index in [9.17, 15) is 4.79 Å². The molecule has 1 amide bonds. The molecule has 7 nitrogen and oxygen atoms in total. The van der Waals surface area contributed by atoms with Crippen LogP contribution in [0.15, 0.2) is 52.1 Å². The van der Waals surface area contributed by atoms with E-state index in [1.807, 2.05) is 18.2 Å². The van der Waals surface area contributed by atoms with Crippen LogP contribution in [0.5, 0.6) is 0 Å². The van der Waals surface area contributed by atoms with E-state index in [0.717, 1.165) is 24.1 Å². The van der Waals surface area contributed by atoms with Gasteiger partial charge in [0.1, 0.15) is 12.3 Å². The summed E-state index contributed by atoms with van der Waals surface area (Å²) in [6, 6.07) is 12.1. The fourth-order valence-corrected chi connectivity index (χ4v) is 3.18. The molecule has 2 aromatic heterocycles. The number of H-pyrrole nitrogens is 1. The summed E-state index contributed by atoms with van der Waals surface area (Å²) in [4.78, 5) is 21.3. The van der Waals surface area contributed by atoms with Gasteiger partial charge in [-0.2, -0.15) is 0 Å². The molecule has 0 unspecified atom stereocenters. The Morgan fingerprint density at radius 1 is 1.10 bits per heavy atom. The van der Waals surface area contributed by atoms with E-state index in [-0.39, 0.29) is 36.4 Å². The Morgan fingerprint density at radius 2 is 1.83 bits per heavy atom. The number of hydrogen-bond donors (Lipinski definition) is 3. The lowest BCUT2D eigenvalue weighted by Gasteiger charge is -2.13. The predicted octanol–water partition coefficient (Wildman–Crippen LogP) is 3.10. The Balaban J connectivity index is 0.00000320. The van der Waals surface area contributed by atoms with Crippen LogP contribution in [0, 0.1) is 6.92 Å². The molecular formula is C22H30IN5O2. The molecule has 0 aliphatic heterocycles. The minimum atomic E-state index is -0.0374. The number of likely N-dealkylation sites (N-methyl/N-ethyl adjacent to an activating group) is 1. The molecule has 0 aliphatic rings. The van der Waals surface area contributed by atoms with Crippen LogP contribution in [0.4, 0.5) is 0 Å². The van der Waals surface area contributed by atoms with E-state index < -0.39 is 0 Å². The minimum absolute atomic E-state index is 0. The number of nitrogens with one attached hydrogen (secondary N) is 3. The molecule has 0 bridgehead atoms. The second-order valence-corrected chi connectivity index (χ2v) is 7.16. The number of aryl methyl sites for hydroxylation is 1. The standard InChI is InChI=1S/C22H29N5O2.HI/c1-16-18(19-8-4-5-9-20(19)26-16)11-13-24-22(25-15-21(28)27(2)3)23-12-10-17-7-6-14-29-17;/h4-9,14,26H,10-13,15H2,1-3H3,(H2,23,24,25);1H. The number of aliphatic imine (C=N–C) groups is 1. The Labute approximate surface area is 194 Å². The SMILES string of the molecule is Cc1[nH]c2ccccc2c1CCNC(=NCC(=O)N(C)C)NCCc1ccco1.I. The lowest BCUT2D eigenvalue weighted by Crippen LogP contribution is -2.40. The highest BCUT2D eigenvalue weighted by Crippen LogP contribution is 2.21. The highest BCUT2D eigenvalue weighted by molar-refractivity contribution is 14.0. The maximum absolute atomic E-state index is 11.9. The summed E-state index contributed by atoms with van der Waals surface area (Å²) in [7, 11) is 3.46. The number of aromatic nitrogens is 1. The first-order valence-corrected chi connectivity index (χ1v) is 9.85. The van der Waals surface area contributed by atoms with Gasteiger partial charge in [0.25, 0.3) is 0 Å². The maximum atomic E-state index is 11.9. The number of amides is 1. The molecule has 0 radical (unpaired) electrons.